The number of carbonyl (C=O) groups is 2. The van der Waals surface area contributed by atoms with Crippen molar-refractivity contribution in [1.82, 2.24) is 29.8 Å². The molecule has 0 aliphatic heterocycles. The number of amides is 1. The predicted molar refractivity (Wildman–Crippen MR) is 110 cm³/mol. The summed E-state index contributed by atoms with van der Waals surface area (Å²) >= 11 is 0. The van der Waals surface area contributed by atoms with Gasteiger partial charge < -0.3 is 21.9 Å². The lowest BCUT2D eigenvalue weighted by Gasteiger charge is -2.15. The molecule has 4 aromatic rings. The molecule has 0 saturated heterocycles. The van der Waals surface area contributed by atoms with Gasteiger partial charge >= 0.3 is 11.7 Å². The molecule has 1 aliphatic rings. The van der Waals surface area contributed by atoms with Gasteiger partial charge in [-0.15, -0.1) is 0 Å². The molecule has 1 aromatic carbocycles. The van der Waals surface area contributed by atoms with Crippen molar-refractivity contribution in [3.8, 4) is 11.4 Å². The van der Waals surface area contributed by atoms with Crippen LogP contribution in [0.5, 0.6) is 0 Å². The Hall–Kier alpha value is -4.68. The van der Waals surface area contributed by atoms with E-state index in [2.05, 4.69) is 29.9 Å². The van der Waals surface area contributed by atoms with E-state index in [1.807, 2.05) is 12.1 Å². The zero-order chi connectivity index (χ0) is 22.6. The molecule has 1 amide bonds. The third kappa shape index (κ3) is 3.03. The van der Waals surface area contributed by atoms with Gasteiger partial charge in [0.25, 0.3) is 5.91 Å². The Morgan fingerprint density at radius 3 is 2.78 bits per heavy atom. The van der Waals surface area contributed by atoms with Crippen LogP contribution in [0.15, 0.2) is 33.6 Å². The molecule has 0 saturated carbocycles. The number of nitrogen functional groups attached to an aromatic ring is 2. The van der Waals surface area contributed by atoms with Crippen LogP contribution in [-0.4, -0.2) is 41.5 Å². The number of imidazole rings is 1. The number of aromatic carboxylic acids is 1. The first kappa shape index (κ1) is 19.3. The van der Waals surface area contributed by atoms with Crippen LogP contribution in [0.4, 0.5) is 11.8 Å². The van der Waals surface area contributed by atoms with Crippen LogP contribution in [0.3, 0.4) is 0 Å². The highest BCUT2D eigenvalue weighted by Crippen LogP contribution is 2.33. The first-order valence-corrected chi connectivity index (χ1v) is 9.49. The second-order valence-corrected chi connectivity index (χ2v) is 7.27. The van der Waals surface area contributed by atoms with Gasteiger partial charge in [0.1, 0.15) is 11.4 Å². The second-order valence-electron chi connectivity index (χ2n) is 7.27. The number of H-pyrrole nitrogens is 1. The van der Waals surface area contributed by atoms with E-state index in [4.69, 9.17) is 11.5 Å². The number of benzene rings is 1. The minimum absolute atomic E-state index is 0.00869. The average molecular weight is 436 g/mol. The van der Waals surface area contributed by atoms with E-state index in [0.29, 0.717) is 24.2 Å². The Labute approximate surface area is 178 Å². The Kier molecular flexibility index (Phi) is 4.18. The summed E-state index contributed by atoms with van der Waals surface area (Å²) in [5.41, 5.74) is 13.7. The van der Waals surface area contributed by atoms with Crippen molar-refractivity contribution in [3.63, 3.8) is 0 Å². The van der Waals surface area contributed by atoms with E-state index in [1.54, 1.807) is 6.07 Å². The third-order valence-electron chi connectivity index (χ3n) is 5.34. The average Bonchev–Trinajstić information content (AvgIpc) is 3.45. The molecule has 13 nitrogen and oxygen atoms in total. The zero-order valence-corrected chi connectivity index (χ0v) is 16.3. The molecular weight excluding hydrogens is 420 g/mol. The molecule has 7 N–H and O–H groups in total. The summed E-state index contributed by atoms with van der Waals surface area (Å²) in [5.74, 6) is -2.40. The number of aromatic amines is 1. The molecule has 0 radical (unpaired) electrons. The van der Waals surface area contributed by atoms with Gasteiger partial charge in [-0.2, -0.15) is 4.98 Å². The van der Waals surface area contributed by atoms with Crippen molar-refractivity contribution in [3.05, 3.63) is 57.3 Å². The number of hydrogen-bond acceptors (Lipinski definition) is 9. The van der Waals surface area contributed by atoms with Gasteiger partial charge in [0.05, 0.1) is 6.04 Å². The fourth-order valence-electron chi connectivity index (χ4n) is 3.91. The SMILES string of the molecule is Nc1nc(N)n2c(C(=O)O)cc(C(=O)N[C@H]3CCc4cc(-c5noc(=O)[nH]5)ccc43)nc12. The summed E-state index contributed by atoms with van der Waals surface area (Å²) in [6.07, 6.45) is 1.32. The highest BCUT2D eigenvalue weighted by Gasteiger charge is 2.27. The second kappa shape index (κ2) is 6.94. The largest absolute Gasteiger partial charge is 0.477 e. The molecule has 0 fully saturated rings. The van der Waals surface area contributed by atoms with Gasteiger partial charge in [-0.05, 0) is 30.0 Å². The standard InChI is InChI=1S/C19H16N8O5/c20-13-15-22-11(6-12(17(29)30)27(15)18(21)24-13)16(28)23-10-4-2-7-5-8(1-3-9(7)10)14-25-19(31)32-26-14/h1,3,5-6,10H,2,4,20H2,(H2,21,24)(H,23,28)(H,29,30)(H,25,26,31)/t10-/m0/s1. The van der Waals surface area contributed by atoms with Crippen molar-refractivity contribution in [2.45, 2.75) is 18.9 Å². The maximum atomic E-state index is 12.9. The van der Waals surface area contributed by atoms with Crippen LogP contribution in [0, 0.1) is 0 Å². The Morgan fingerprint density at radius 2 is 2.06 bits per heavy atom. The number of nitrogens with two attached hydrogens (primary N) is 2. The van der Waals surface area contributed by atoms with E-state index < -0.39 is 17.6 Å². The van der Waals surface area contributed by atoms with Crippen molar-refractivity contribution in [1.29, 1.82) is 0 Å². The van der Waals surface area contributed by atoms with E-state index in [1.165, 1.54) is 0 Å². The summed E-state index contributed by atoms with van der Waals surface area (Å²) in [5, 5.41) is 16.1. The fourth-order valence-corrected chi connectivity index (χ4v) is 3.91. The number of carboxylic acid groups (broad SMARTS) is 1. The molecule has 32 heavy (non-hydrogen) atoms. The Morgan fingerprint density at radius 1 is 1.25 bits per heavy atom. The summed E-state index contributed by atoms with van der Waals surface area (Å²) in [4.78, 5) is 46.2. The smallest absolute Gasteiger partial charge is 0.439 e. The maximum absolute atomic E-state index is 12.9. The van der Waals surface area contributed by atoms with Crippen LogP contribution in [0.25, 0.3) is 17.0 Å². The number of carboxylic acids is 1. The molecule has 3 aromatic heterocycles. The number of fused-ring (bicyclic) bond motifs is 2. The van der Waals surface area contributed by atoms with Gasteiger partial charge in [0.15, 0.2) is 17.3 Å². The predicted octanol–water partition coefficient (Wildman–Crippen LogP) is 0.353. The lowest BCUT2D eigenvalue weighted by atomic mass is 10.0. The van der Waals surface area contributed by atoms with Gasteiger partial charge in [-0.1, -0.05) is 17.3 Å². The Balaban J connectivity index is 1.44. The summed E-state index contributed by atoms with van der Waals surface area (Å²) in [6, 6.07) is 6.30. The summed E-state index contributed by atoms with van der Waals surface area (Å²) < 4.78 is 5.62. The molecule has 0 spiro atoms. The van der Waals surface area contributed by atoms with Gasteiger partial charge in [0, 0.05) is 11.6 Å². The number of nitrogens with one attached hydrogen (secondary N) is 2. The quantitative estimate of drug-likeness (QED) is 0.296. The number of rotatable bonds is 4. The number of hydrogen-bond donors (Lipinski definition) is 5. The number of aromatic nitrogens is 5. The number of carbonyl (C=O) groups excluding carboxylic acids is 1. The molecule has 5 rings (SSSR count). The van der Waals surface area contributed by atoms with Crippen molar-refractivity contribution in [2.24, 2.45) is 0 Å². The normalized spacial score (nSPS) is 15.1. The molecular formula is C19H16N8O5. The lowest BCUT2D eigenvalue weighted by molar-refractivity contribution is 0.0688. The molecule has 1 atom stereocenters. The van der Waals surface area contributed by atoms with Crippen LogP contribution in [-0.2, 0) is 6.42 Å². The topological polar surface area (TPSA) is 208 Å². The van der Waals surface area contributed by atoms with Crippen LogP contribution < -0.4 is 22.5 Å². The van der Waals surface area contributed by atoms with Gasteiger partial charge in [-0.3, -0.25) is 18.7 Å². The van der Waals surface area contributed by atoms with E-state index in [0.717, 1.165) is 21.6 Å². The zero-order valence-electron chi connectivity index (χ0n) is 16.3. The molecule has 0 bridgehead atoms. The monoisotopic (exact) mass is 436 g/mol. The molecule has 0 unspecified atom stereocenters. The summed E-state index contributed by atoms with van der Waals surface area (Å²) in [7, 11) is 0. The lowest BCUT2D eigenvalue weighted by Crippen LogP contribution is -2.28. The number of nitrogens with zero attached hydrogens (tertiary/aromatic N) is 4. The highest BCUT2D eigenvalue weighted by atomic mass is 16.5. The van der Waals surface area contributed by atoms with Gasteiger partial charge in [0.2, 0.25) is 5.95 Å². The highest BCUT2D eigenvalue weighted by molar-refractivity contribution is 5.97. The molecule has 162 valence electrons. The van der Waals surface area contributed by atoms with E-state index in [9.17, 15) is 19.5 Å². The van der Waals surface area contributed by atoms with Crippen LogP contribution in [0.1, 0.15) is 44.6 Å². The first-order chi connectivity index (χ1) is 15.3. The summed E-state index contributed by atoms with van der Waals surface area (Å²) in [6.45, 7) is 0. The van der Waals surface area contributed by atoms with Crippen molar-refractivity contribution in [2.75, 3.05) is 11.5 Å². The first-order valence-electron chi connectivity index (χ1n) is 9.49. The Bertz CT molecular complexity index is 1470. The number of anilines is 2. The minimum atomic E-state index is -1.31. The van der Waals surface area contributed by atoms with Crippen LogP contribution >= 0.6 is 0 Å². The van der Waals surface area contributed by atoms with Crippen molar-refractivity contribution < 1.29 is 19.2 Å². The molecule has 1 aliphatic carbocycles. The van der Waals surface area contributed by atoms with Gasteiger partial charge in [-0.25, -0.2) is 14.6 Å². The van der Waals surface area contributed by atoms with Crippen LogP contribution in [0.2, 0.25) is 0 Å². The fraction of sp³-hybridized carbons (Fsp3) is 0.158. The third-order valence-corrected chi connectivity index (χ3v) is 5.34. The minimum Gasteiger partial charge on any atom is -0.477 e. The number of aryl methyl sites for hydroxylation is 1. The van der Waals surface area contributed by atoms with Crippen molar-refractivity contribution >= 4 is 29.3 Å². The van der Waals surface area contributed by atoms with E-state index in [-0.39, 0.29) is 34.8 Å². The molecule has 3 heterocycles. The maximum Gasteiger partial charge on any atom is 0.439 e. The molecule has 13 heteroatoms. The van der Waals surface area contributed by atoms with E-state index >= 15 is 0 Å².